The number of nitrogens with zero attached hydrogens (tertiary/aromatic N) is 2. The van der Waals surface area contributed by atoms with Crippen LogP contribution in [0.1, 0.15) is 0 Å². The summed E-state index contributed by atoms with van der Waals surface area (Å²) in [7, 11) is 0. The van der Waals surface area contributed by atoms with Gasteiger partial charge >= 0.3 is 0 Å². The Morgan fingerprint density at radius 1 is 1.17 bits per heavy atom. The zero-order valence-electron chi connectivity index (χ0n) is 12.7. The Bertz CT molecular complexity index is 1080. The highest BCUT2D eigenvalue weighted by Gasteiger charge is 2.10. The lowest BCUT2D eigenvalue weighted by Gasteiger charge is -2.08. The van der Waals surface area contributed by atoms with Crippen molar-refractivity contribution in [2.45, 2.75) is 0 Å². The lowest BCUT2D eigenvalue weighted by atomic mass is 10.2. The standard InChI is InChI=1S/C18H14N4S2/c1-2-9-19-18(23)20-11-7-8-15-12(10-11)16-17(24-15)22-14-6-4-3-5-13(14)21-16/h2-8,10H,1,9H2,(H2,19,20,23). The molecule has 4 nitrogen and oxygen atoms in total. The third kappa shape index (κ3) is 2.70. The molecule has 24 heavy (non-hydrogen) atoms. The number of hydrogen-bond donors (Lipinski definition) is 2. The van der Waals surface area contributed by atoms with E-state index < -0.39 is 0 Å². The quantitative estimate of drug-likeness (QED) is 0.422. The van der Waals surface area contributed by atoms with Gasteiger partial charge in [0, 0.05) is 22.3 Å². The van der Waals surface area contributed by atoms with Gasteiger partial charge in [-0.05, 0) is 42.5 Å². The van der Waals surface area contributed by atoms with E-state index in [1.165, 1.54) is 0 Å². The fraction of sp³-hybridized carbons (Fsp3) is 0.0556. The maximum absolute atomic E-state index is 5.27. The molecule has 0 aliphatic rings. The normalized spacial score (nSPS) is 11.0. The van der Waals surface area contributed by atoms with E-state index in [2.05, 4.69) is 29.3 Å². The lowest BCUT2D eigenvalue weighted by molar-refractivity contribution is 1.06. The number of para-hydroxylation sites is 2. The molecule has 0 atom stereocenters. The Balaban J connectivity index is 1.80. The molecule has 0 spiro atoms. The van der Waals surface area contributed by atoms with Gasteiger partial charge in [-0.2, -0.15) is 0 Å². The SMILES string of the molecule is C=CCNC(=S)Nc1ccc2sc3nc4ccccc4nc3c2c1. The van der Waals surface area contributed by atoms with Crippen molar-refractivity contribution >= 4 is 65.8 Å². The predicted octanol–water partition coefficient (Wildman–Crippen LogP) is 4.47. The first-order valence-corrected chi connectivity index (χ1v) is 8.72. The van der Waals surface area contributed by atoms with Crippen LogP contribution in [0.4, 0.5) is 5.69 Å². The van der Waals surface area contributed by atoms with Crippen molar-refractivity contribution in [3.05, 3.63) is 55.1 Å². The molecule has 0 aliphatic carbocycles. The summed E-state index contributed by atoms with van der Waals surface area (Å²) in [5.41, 5.74) is 3.69. The molecule has 0 saturated carbocycles. The summed E-state index contributed by atoms with van der Waals surface area (Å²) >= 11 is 6.92. The number of thiocarbonyl (C=S) groups is 1. The van der Waals surface area contributed by atoms with Crippen molar-refractivity contribution in [3.8, 4) is 0 Å². The zero-order chi connectivity index (χ0) is 16.5. The Morgan fingerprint density at radius 3 is 2.75 bits per heavy atom. The molecule has 0 radical (unpaired) electrons. The maximum Gasteiger partial charge on any atom is 0.171 e. The molecule has 0 saturated heterocycles. The molecular formula is C18H14N4S2. The molecule has 0 unspecified atom stereocenters. The second kappa shape index (κ2) is 6.14. The van der Waals surface area contributed by atoms with Gasteiger partial charge in [0.1, 0.15) is 10.3 Å². The molecule has 4 aromatic rings. The minimum absolute atomic E-state index is 0.574. The Morgan fingerprint density at radius 2 is 1.96 bits per heavy atom. The summed E-state index contributed by atoms with van der Waals surface area (Å²) in [6.45, 7) is 4.30. The van der Waals surface area contributed by atoms with Gasteiger partial charge in [0.15, 0.2) is 5.11 Å². The molecule has 6 heteroatoms. The van der Waals surface area contributed by atoms with E-state index in [0.717, 1.165) is 37.2 Å². The van der Waals surface area contributed by atoms with Crippen molar-refractivity contribution in [2.24, 2.45) is 0 Å². The number of anilines is 1. The molecule has 118 valence electrons. The van der Waals surface area contributed by atoms with Crippen LogP contribution in [-0.2, 0) is 0 Å². The molecule has 0 aliphatic heterocycles. The third-order valence-electron chi connectivity index (χ3n) is 3.64. The number of nitrogens with one attached hydrogen (secondary N) is 2. The molecule has 2 aromatic heterocycles. The number of fused-ring (bicyclic) bond motifs is 4. The molecule has 0 fully saturated rings. The van der Waals surface area contributed by atoms with Crippen LogP contribution in [0.2, 0.25) is 0 Å². The second-order valence-corrected chi connectivity index (χ2v) is 6.74. The van der Waals surface area contributed by atoms with Crippen LogP contribution in [-0.4, -0.2) is 21.6 Å². The van der Waals surface area contributed by atoms with E-state index in [0.29, 0.717) is 11.7 Å². The molecular weight excluding hydrogens is 336 g/mol. The molecule has 2 heterocycles. The molecule has 4 rings (SSSR count). The van der Waals surface area contributed by atoms with Gasteiger partial charge in [0.25, 0.3) is 0 Å². The van der Waals surface area contributed by atoms with Gasteiger partial charge < -0.3 is 10.6 Å². The summed E-state index contributed by atoms with van der Waals surface area (Å²) in [5, 5.41) is 7.91. The Kier molecular flexibility index (Phi) is 3.84. The average Bonchev–Trinajstić information content (AvgIpc) is 2.95. The summed E-state index contributed by atoms with van der Waals surface area (Å²) in [4.78, 5) is 10.5. The zero-order valence-corrected chi connectivity index (χ0v) is 14.4. The van der Waals surface area contributed by atoms with E-state index in [-0.39, 0.29) is 0 Å². The van der Waals surface area contributed by atoms with Crippen LogP contribution in [0.3, 0.4) is 0 Å². The van der Waals surface area contributed by atoms with Gasteiger partial charge in [-0.3, -0.25) is 0 Å². The lowest BCUT2D eigenvalue weighted by Crippen LogP contribution is -2.28. The minimum atomic E-state index is 0.574. The van der Waals surface area contributed by atoms with Crippen LogP contribution in [0.25, 0.3) is 31.5 Å². The molecule has 2 N–H and O–H groups in total. The Labute approximate surface area is 148 Å². The average molecular weight is 350 g/mol. The summed E-state index contributed by atoms with van der Waals surface area (Å²) in [5.74, 6) is 0. The van der Waals surface area contributed by atoms with E-state index in [1.54, 1.807) is 17.4 Å². The van der Waals surface area contributed by atoms with E-state index in [1.807, 2.05) is 30.3 Å². The van der Waals surface area contributed by atoms with Crippen molar-refractivity contribution in [2.75, 3.05) is 11.9 Å². The maximum atomic E-state index is 5.27. The summed E-state index contributed by atoms with van der Waals surface area (Å²) < 4.78 is 1.16. The topological polar surface area (TPSA) is 49.8 Å². The van der Waals surface area contributed by atoms with Crippen LogP contribution < -0.4 is 10.6 Å². The van der Waals surface area contributed by atoms with Gasteiger partial charge in [-0.25, -0.2) is 9.97 Å². The molecule has 2 aromatic carbocycles. The third-order valence-corrected chi connectivity index (χ3v) is 4.94. The smallest absolute Gasteiger partial charge is 0.171 e. The first-order valence-electron chi connectivity index (χ1n) is 7.49. The molecule has 0 amide bonds. The number of hydrogen-bond acceptors (Lipinski definition) is 4. The van der Waals surface area contributed by atoms with Crippen LogP contribution in [0.15, 0.2) is 55.1 Å². The van der Waals surface area contributed by atoms with Crippen molar-refractivity contribution in [3.63, 3.8) is 0 Å². The predicted molar refractivity (Wildman–Crippen MR) is 107 cm³/mol. The van der Waals surface area contributed by atoms with Crippen molar-refractivity contribution in [1.29, 1.82) is 0 Å². The Hall–Kier alpha value is -2.57. The first-order chi connectivity index (χ1) is 11.7. The number of aromatic nitrogens is 2. The van der Waals surface area contributed by atoms with Crippen LogP contribution >= 0.6 is 23.6 Å². The highest BCUT2D eigenvalue weighted by Crippen LogP contribution is 2.34. The van der Waals surface area contributed by atoms with E-state index in [9.17, 15) is 0 Å². The summed E-state index contributed by atoms with van der Waals surface area (Å²) in [6.07, 6.45) is 1.77. The van der Waals surface area contributed by atoms with Gasteiger partial charge in [0.05, 0.1) is 11.0 Å². The van der Waals surface area contributed by atoms with Gasteiger partial charge in [-0.1, -0.05) is 18.2 Å². The fourth-order valence-electron chi connectivity index (χ4n) is 2.56. The van der Waals surface area contributed by atoms with E-state index >= 15 is 0 Å². The summed E-state index contributed by atoms with van der Waals surface area (Å²) in [6, 6.07) is 14.1. The number of benzene rings is 2. The van der Waals surface area contributed by atoms with Crippen LogP contribution in [0, 0.1) is 0 Å². The molecule has 0 bridgehead atoms. The highest BCUT2D eigenvalue weighted by molar-refractivity contribution is 7.80. The highest BCUT2D eigenvalue weighted by atomic mass is 32.1. The second-order valence-electron chi connectivity index (χ2n) is 5.30. The number of thiophene rings is 1. The fourth-order valence-corrected chi connectivity index (χ4v) is 3.76. The largest absolute Gasteiger partial charge is 0.359 e. The van der Waals surface area contributed by atoms with Gasteiger partial charge in [0.2, 0.25) is 0 Å². The minimum Gasteiger partial charge on any atom is -0.359 e. The number of rotatable bonds is 3. The van der Waals surface area contributed by atoms with Crippen molar-refractivity contribution in [1.82, 2.24) is 15.3 Å². The van der Waals surface area contributed by atoms with Crippen molar-refractivity contribution < 1.29 is 0 Å². The van der Waals surface area contributed by atoms with E-state index in [4.69, 9.17) is 22.2 Å². The first kappa shape index (κ1) is 15.0. The monoisotopic (exact) mass is 350 g/mol. The van der Waals surface area contributed by atoms with Crippen LogP contribution in [0.5, 0.6) is 0 Å². The van der Waals surface area contributed by atoms with Gasteiger partial charge in [-0.15, -0.1) is 17.9 Å².